The van der Waals surface area contributed by atoms with Crippen molar-refractivity contribution in [2.75, 3.05) is 0 Å². The lowest BCUT2D eigenvalue weighted by Crippen LogP contribution is -2.00. The zero-order valence-electron chi connectivity index (χ0n) is 40.6. The lowest BCUT2D eigenvalue weighted by atomic mass is 9.96. The fourth-order valence-electron chi connectivity index (χ4n) is 5.86. The molecule has 10 rings (SSSR count). The number of fused-ring (bicyclic) bond motifs is 6. The molecule has 0 aliphatic heterocycles. The van der Waals surface area contributed by atoms with Crippen LogP contribution in [0.25, 0.3) is 98.5 Å². The SMILES string of the molecule is [2H]c1c([2H])c(-c2c([2H])c([2H])c(-c3c([2H])c([2H])c([2H])c4sc5c([2H])c([2H])c([2H])c([2H])c5c34)c([2H])c2[2H])c([2H])c([2H])c1-c1nc(-c2ccccc2)nc(-c2ccc3c(c2)oc2ccccc23)n1. The van der Waals surface area contributed by atoms with Gasteiger partial charge in [0.25, 0.3) is 0 Å². The Labute approximate surface area is 313 Å². The van der Waals surface area contributed by atoms with E-state index in [-0.39, 0.29) is 48.8 Å². The van der Waals surface area contributed by atoms with Gasteiger partial charge in [0.05, 0.1) is 20.6 Å². The van der Waals surface area contributed by atoms with Crippen LogP contribution in [0.15, 0.2) is 168 Å². The van der Waals surface area contributed by atoms with Crippen molar-refractivity contribution in [2.45, 2.75) is 0 Å². The summed E-state index contributed by atoms with van der Waals surface area (Å²) in [6.45, 7) is 0. The summed E-state index contributed by atoms with van der Waals surface area (Å²) in [4.78, 5) is 14.0. The average Bonchev–Trinajstić information content (AvgIpc) is 3.90. The fraction of sp³-hybridized carbons (Fsp3) is 0. The molecule has 0 bridgehead atoms. The first-order chi connectivity index (χ1) is 31.0. The molecule has 5 heteroatoms. The Morgan fingerprint density at radius 2 is 1.06 bits per heavy atom. The Morgan fingerprint density at radius 1 is 0.440 bits per heavy atom. The minimum Gasteiger partial charge on any atom is -0.456 e. The maximum atomic E-state index is 9.25. The molecule has 0 unspecified atom stereocenters. The summed E-state index contributed by atoms with van der Waals surface area (Å²) >= 11 is 0.783. The number of hydrogen-bond acceptors (Lipinski definition) is 5. The van der Waals surface area contributed by atoms with E-state index in [9.17, 15) is 11.0 Å². The number of aromatic nitrogens is 3. The Kier molecular flexibility index (Phi) is 4.02. The van der Waals surface area contributed by atoms with E-state index in [1.807, 2.05) is 36.4 Å². The molecule has 0 amide bonds. The van der Waals surface area contributed by atoms with E-state index in [1.165, 1.54) is 0 Å². The number of hydrogen-bond donors (Lipinski definition) is 0. The fourth-order valence-corrected chi connectivity index (χ4v) is 6.83. The Balaban J connectivity index is 1.18. The van der Waals surface area contributed by atoms with Crippen LogP contribution in [0.1, 0.15) is 20.6 Å². The maximum absolute atomic E-state index is 9.25. The molecule has 10 aromatic rings. The van der Waals surface area contributed by atoms with Crippen LogP contribution in [0.5, 0.6) is 0 Å². The van der Waals surface area contributed by atoms with E-state index < -0.39 is 107 Å². The standard InChI is InChI=1S/C45H27N3OS/c1-2-9-31(10-3-1)43-46-44(48-45(47-43)33-25-26-36-35-11-4-6-14-38(35)49-39(36)27-33)32-23-19-29(20-24-32)28-17-21-30(22-18-28)34-13-8-16-41-42(34)37-12-5-7-15-40(37)50-41/h1-27H/i5D,7D,8D,12D,13D,15D,16D,17D,18D,19D,20D,21D,22D,23D,24D. The molecule has 0 aliphatic carbocycles. The van der Waals surface area contributed by atoms with Crippen LogP contribution in [-0.4, -0.2) is 15.0 Å². The third kappa shape index (κ3) is 4.87. The van der Waals surface area contributed by atoms with Crippen molar-refractivity contribution in [1.82, 2.24) is 15.0 Å². The van der Waals surface area contributed by atoms with Crippen molar-refractivity contribution in [3.05, 3.63) is 163 Å². The van der Waals surface area contributed by atoms with Gasteiger partial charge in [-0.3, -0.25) is 0 Å². The first-order valence-corrected chi connectivity index (χ1v) is 16.2. The van der Waals surface area contributed by atoms with Gasteiger partial charge in [0.2, 0.25) is 0 Å². The van der Waals surface area contributed by atoms with Crippen LogP contribution in [0.4, 0.5) is 0 Å². The summed E-state index contributed by atoms with van der Waals surface area (Å²) in [7, 11) is 0. The van der Waals surface area contributed by atoms with Crippen molar-refractivity contribution < 1.29 is 25.0 Å². The van der Waals surface area contributed by atoms with Gasteiger partial charge >= 0.3 is 0 Å². The summed E-state index contributed by atoms with van der Waals surface area (Å²) in [6.07, 6.45) is 0. The lowest BCUT2D eigenvalue weighted by molar-refractivity contribution is 0.669. The summed E-state index contributed by atoms with van der Waals surface area (Å²) in [5.41, 5.74) is -0.0459. The number of furan rings is 1. The second-order valence-electron chi connectivity index (χ2n) is 11.2. The molecule has 3 heterocycles. The van der Waals surface area contributed by atoms with Crippen molar-refractivity contribution in [3.8, 4) is 56.4 Å². The Morgan fingerprint density at radius 3 is 1.86 bits per heavy atom. The predicted molar refractivity (Wildman–Crippen MR) is 207 cm³/mol. The Hall–Kier alpha value is -6.43. The first kappa shape index (κ1) is 17.3. The van der Waals surface area contributed by atoms with Gasteiger partial charge in [-0.1, -0.05) is 133 Å². The number of nitrogens with zero attached hydrogens (tertiary/aromatic N) is 3. The third-order valence-electron chi connectivity index (χ3n) is 8.23. The molecular weight excluding hydrogens is 631 g/mol. The van der Waals surface area contributed by atoms with Gasteiger partial charge in [-0.2, -0.15) is 0 Å². The first-order valence-electron chi connectivity index (χ1n) is 22.9. The molecule has 0 spiro atoms. The van der Waals surface area contributed by atoms with Crippen molar-refractivity contribution in [2.24, 2.45) is 0 Å². The van der Waals surface area contributed by atoms with Crippen LogP contribution in [0, 0.1) is 0 Å². The monoisotopic (exact) mass is 672 g/mol. The van der Waals surface area contributed by atoms with E-state index in [1.54, 1.807) is 36.4 Å². The number of benzene rings is 7. The molecule has 3 aromatic heterocycles. The van der Waals surface area contributed by atoms with Crippen LogP contribution >= 0.6 is 11.3 Å². The highest BCUT2D eigenvalue weighted by Crippen LogP contribution is 2.40. The second kappa shape index (κ2) is 11.6. The third-order valence-corrected chi connectivity index (χ3v) is 9.25. The number of thiophene rings is 1. The van der Waals surface area contributed by atoms with Crippen LogP contribution in [0.2, 0.25) is 0 Å². The largest absolute Gasteiger partial charge is 0.456 e. The van der Waals surface area contributed by atoms with Crippen LogP contribution in [-0.2, 0) is 0 Å². The van der Waals surface area contributed by atoms with Gasteiger partial charge in [-0.25, -0.2) is 15.0 Å². The van der Waals surface area contributed by atoms with Gasteiger partial charge in [0.15, 0.2) is 17.5 Å². The van der Waals surface area contributed by atoms with Crippen molar-refractivity contribution in [1.29, 1.82) is 0 Å². The number of para-hydroxylation sites is 1. The topological polar surface area (TPSA) is 51.8 Å². The second-order valence-corrected chi connectivity index (χ2v) is 12.3. The van der Waals surface area contributed by atoms with E-state index >= 15 is 0 Å². The summed E-state index contributed by atoms with van der Waals surface area (Å²) < 4.78 is 140. The highest BCUT2D eigenvalue weighted by molar-refractivity contribution is 7.25. The van der Waals surface area contributed by atoms with Crippen LogP contribution < -0.4 is 0 Å². The lowest BCUT2D eigenvalue weighted by Gasteiger charge is -2.10. The van der Waals surface area contributed by atoms with Gasteiger partial charge in [0, 0.05) is 47.6 Å². The Bertz CT molecular complexity index is 3680. The molecule has 0 N–H and O–H groups in total. The summed E-state index contributed by atoms with van der Waals surface area (Å²) in [6, 6.07) is 12.0. The van der Waals surface area contributed by atoms with Gasteiger partial charge in [-0.05, 0) is 52.5 Å². The highest BCUT2D eigenvalue weighted by atomic mass is 32.1. The van der Waals surface area contributed by atoms with Crippen molar-refractivity contribution >= 4 is 53.4 Å². The molecule has 234 valence electrons. The predicted octanol–water partition coefficient (Wildman–Crippen LogP) is 12.5. The van der Waals surface area contributed by atoms with Gasteiger partial charge in [-0.15, -0.1) is 11.3 Å². The average molecular weight is 673 g/mol. The zero-order chi connectivity index (χ0) is 46.1. The molecule has 50 heavy (non-hydrogen) atoms. The molecule has 0 saturated carbocycles. The maximum Gasteiger partial charge on any atom is 0.164 e. The summed E-state index contributed by atoms with van der Waals surface area (Å²) in [5.74, 6) is 0.0880. The molecule has 4 nitrogen and oxygen atoms in total. The van der Waals surface area contributed by atoms with Crippen LogP contribution in [0.3, 0.4) is 0 Å². The molecule has 0 radical (unpaired) electrons. The van der Waals surface area contributed by atoms with Gasteiger partial charge < -0.3 is 4.42 Å². The quantitative estimate of drug-likeness (QED) is 0.183. The van der Waals surface area contributed by atoms with E-state index in [0.717, 1.165) is 22.1 Å². The molecule has 0 fully saturated rings. The smallest absolute Gasteiger partial charge is 0.164 e. The van der Waals surface area contributed by atoms with E-state index in [4.69, 9.17) is 19.0 Å². The zero-order valence-corrected chi connectivity index (χ0v) is 26.4. The molecule has 7 aromatic carbocycles. The van der Waals surface area contributed by atoms with Crippen molar-refractivity contribution in [3.63, 3.8) is 0 Å². The molecular formula is C45H27N3OS. The van der Waals surface area contributed by atoms with E-state index in [2.05, 4.69) is 9.97 Å². The number of rotatable bonds is 5. The molecule has 0 aliphatic rings. The summed E-state index contributed by atoms with van der Waals surface area (Å²) in [5, 5.41) is 1.54. The highest BCUT2D eigenvalue weighted by Gasteiger charge is 2.15. The minimum absolute atomic E-state index is 0.00909. The molecule has 0 saturated heterocycles. The normalized spacial score (nSPS) is 15.8. The molecule has 0 atom stereocenters. The van der Waals surface area contributed by atoms with E-state index in [0.29, 0.717) is 22.3 Å². The van der Waals surface area contributed by atoms with Gasteiger partial charge in [0.1, 0.15) is 11.2 Å². The minimum atomic E-state index is -0.806.